The van der Waals surface area contributed by atoms with Crippen LogP contribution in [0.1, 0.15) is 35.7 Å². The van der Waals surface area contributed by atoms with Crippen LogP contribution in [0.15, 0.2) is 36.4 Å². The van der Waals surface area contributed by atoms with Gasteiger partial charge in [-0.05, 0) is 41.8 Å². The van der Waals surface area contributed by atoms with Gasteiger partial charge in [-0.25, -0.2) is 0 Å². The van der Waals surface area contributed by atoms with Gasteiger partial charge >= 0.3 is 0 Å². The van der Waals surface area contributed by atoms with Gasteiger partial charge in [0.1, 0.15) is 0 Å². The molecule has 1 heterocycles. The number of rotatable bonds is 12. The van der Waals surface area contributed by atoms with Crippen molar-refractivity contribution in [2.75, 3.05) is 39.1 Å². The molecule has 0 saturated heterocycles. The summed E-state index contributed by atoms with van der Waals surface area (Å²) in [5, 5.41) is 10.8. The summed E-state index contributed by atoms with van der Waals surface area (Å²) in [4.78, 5) is 17.1. The molecule has 0 bridgehead atoms. The number of nitrogens with one attached hydrogen (secondary N) is 2. The first-order valence-electron chi connectivity index (χ1n) is 10.9. The van der Waals surface area contributed by atoms with Crippen molar-refractivity contribution < 1.29 is 23.7 Å². The standard InChI is InChI=1S/C24H31N5O5/c1-6-7-22(30)29-24(26-15-17-9-11-19(32-3)21(13-17)34-5)27-23(28-29)25-14-16-8-10-18(31-2)20(12-16)33-4/h8-13H,6-7,14-15H2,1-5H3,(H2,25,26,27,28). The molecule has 0 radical (unpaired) electrons. The van der Waals surface area contributed by atoms with Gasteiger partial charge < -0.3 is 29.6 Å². The van der Waals surface area contributed by atoms with E-state index in [1.165, 1.54) is 4.68 Å². The van der Waals surface area contributed by atoms with Crippen LogP contribution in [0, 0.1) is 0 Å². The maximum absolute atomic E-state index is 12.6. The van der Waals surface area contributed by atoms with Crippen molar-refractivity contribution in [2.24, 2.45) is 0 Å². The summed E-state index contributed by atoms with van der Waals surface area (Å²) in [5.74, 6) is 3.13. The van der Waals surface area contributed by atoms with Crippen molar-refractivity contribution in [1.29, 1.82) is 0 Å². The molecule has 3 rings (SSSR count). The van der Waals surface area contributed by atoms with Crippen LogP contribution in [0.2, 0.25) is 0 Å². The van der Waals surface area contributed by atoms with Crippen molar-refractivity contribution >= 4 is 17.8 Å². The number of carbonyl (C=O) groups is 1. The van der Waals surface area contributed by atoms with Gasteiger partial charge in [0.05, 0.1) is 28.4 Å². The van der Waals surface area contributed by atoms with Crippen molar-refractivity contribution in [1.82, 2.24) is 14.8 Å². The van der Waals surface area contributed by atoms with Crippen LogP contribution in [-0.2, 0) is 13.1 Å². The fraction of sp³-hybridized carbons (Fsp3) is 0.375. The quantitative estimate of drug-likeness (QED) is 0.407. The number of carbonyl (C=O) groups excluding carboxylic acids is 1. The van der Waals surface area contributed by atoms with E-state index in [4.69, 9.17) is 18.9 Å². The molecule has 3 aromatic rings. The Kier molecular flexibility index (Phi) is 8.55. The van der Waals surface area contributed by atoms with E-state index < -0.39 is 0 Å². The average Bonchev–Trinajstić information content (AvgIpc) is 3.29. The molecule has 10 nitrogen and oxygen atoms in total. The van der Waals surface area contributed by atoms with E-state index in [9.17, 15) is 4.79 Å². The number of benzene rings is 2. The van der Waals surface area contributed by atoms with E-state index in [1.54, 1.807) is 28.4 Å². The number of anilines is 2. The second-order valence-electron chi connectivity index (χ2n) is 7.40. The predicted octanol–water partition coefficient (Wildman–Crippen LogP) is 3.98. The van der Waals surface area contributed by atoms with Crippen LogP contribution in [0.4, 0.5) is 11.9 Å². The van der Waals surface area contributed by atoms with E-state index in [1.807, 2.05) is 43.3 Å². The van der Waals surface area contributed by atoms with E-state index in [0.29, 0.717) is 60.8 Å². The molecule has 0 saturated carbocycles. The maximum Gasteiger partial charge on any atom is 0.250 e. The average molecular weight is 470 g/mol. The molecular formula is C24H31N5O5. The first kappa shape index (κ1) is 24.7. The van der Waals surface area contributed by atoms with Gasteiger partial charge in [0.15, 0.2) is 23.0 Å². The van der Waals surface area contributed by atoms with Crippen LogP contribution in [0.5, 0.6) is 23.0 Å². The maximum atomic E-state index is 12.6. The van der Waals surface area contributed by atoms with Crippen molar-refractivity contribution in [3.05, 3.63) is 47.5 Å². The molecule has 0 aliphatic carbocycles. The van der Waals surface area contributed by atoms with Crippen LogP contribution >= 0.6 is 0 Å². The second-order valence-corrected chi connectivity index (χ2v) is 7.40. The largest absolute Gasteiger partial charge is 0.493 e. The third-order valence-corrected chi connectivity index (χ3v) is 5.10. The van der Waals surface area contributed by atoms with Crippen LogP contribution in [0.25, 0.3) is 0 Å². The zero-order valence-electron chi connectivity index (χ0n) is 20.2. The minimum atomic E-state index is -0.135. The molecule has 0 aliphatic heterocycles. The third kappa shape index (κ3) is 5.89. The van der Waals surface area contributed by atoms with Crippen molar-refractivity contribution in [3.63, 3.8) is 0 Å². The molecule has 182 valence electrons. The molecule has 1 aromatic heterocycles. The van der Waals surface area contributed by atoms with Crippen LogP contribution in [0.3, 0.4) is 0 Å². The van der Waals surface area contributed by atoms with Crippen molar-refractivity contribution in [3.8, 4) is 23.0 Å². The highest BCUT2D eigenvalue weighted by Gasteiger charge is 2.16. The lowest BCUT2D eigenvalue weighted by Crippen LogP contribution is -2.16. The van der Waals surface area contributed by atoms with Gasteiger partial charge in [-0.15, -0.1) is 5.10 Å². The fourth-order valence-corrected chi connectivity index (χ4v) is 3.34. The molecule has 10 heteroatoms. The first-order chi connectivity index (χ1) is 16.5. The van der Waals surface area contributed by atoms with Gasteiger partial charge in [0, 0.05) is 19.5 Å². The summed E-state index contributed by atoms with van der Waals surface area (Å²) in [6, 6.07) is 11.3. The Hall–Kier alpha value is -3.95. The summed E-state index contributed by atoms with van der Waals surface area (Å²) >= 11 is 0. The monoisotopic (exact) mass is 469 g/mol. The number of hydrogen-bond donors (Lipinski definition) is 2. The number of ether oxygens (including phenoxy) is 4. The molecule has 34 heavy (non-hydrogen) atoms. The Bertz CT molecular complexity index is 1120. The predicted molar refractivity (Wildman–Crippen MR) is 129 cm³/mol. The zero-order chi connectivity index (χ0) is 24.5. The third-order valence-electron chi connectivity index (χ3n) is 5.10. The normalized spacial score (nSPS) is 10.5. The highest BCUT2D eigenvalue weighted by molar-refractivity contribution is 5.81. The van der Waals surface area contributed by atoms with Crippen LogP contribution < -0.4 is 29.6 Å². The Morgan fingerprint density at radius 2 is 1.35 bits per heavy atom. The zero-order valence-corrected chi connectivity index (χ0v) is 20.2. The minimum absolute atomic E-state index is 0.135. The lowest BCUT2D eigenvalue weighted by atomic mass is 10.2. The van der Waals surface area contributed by atoms with Gasteiger partial charge in [-0.1, -0.05) is 19.1 Å². The topological polar surface area (TPSA) is 109 Å². The van der Waals surface area contributed by atoms with Gasteiger partial charge in [-0.2, -0.15) is 9.67 Å². The van der Waals surface area contributed by atoms with Crippen molar-refractivity contribution in [2.45, 2.75) is 32.9 Å². The van der Waals surface area contributed by atoms with E-state index in [0.717, 1.165) is 11.1 Å². The highest BCUT2D eigenvalue weighted by Crippen LogP contribution is 2.29. The number of hydrogen-bond acceptors (Lipinski definition) is 9. The fourth-order valence-electron chi connectivity index (χ4n) is 3.34. The summed E-state index contributed by atoms with van der Waals surface area (Å²) in [6.07, 6.45) is 1.08. The number of aromatic nitrogens is 3. The molecule has 0 aliphatic rings. The van der Waals surface area contributed by atoms with E-state index in [2.05, 4.69) is 20.7 Å². The lowest BCUT2D eigenvalue weighted by molar-refractivity contribution is 0.0888. The smallest absolute Gasteiger partial charge is 0.250 e. The first-order valence-corrected chi connectivity index (χ1v) is 10.9. The summed E-state index contributed by atoms with van der Waals surface area (Å²) in [5.41, 5.74) is 1.89. The summed E-state index contributed by atoms with van der Waals surface area (Å²) in [7, 11) is 6.36. The Balaban J connectivity index is 1.75. The van der Waals surface area contributed by atoms with Gasteiger partial charge in [0.25, 0.3) is 0 Å². The minimum Gasteiger partial charge on any atom is -0.493 e. The van der Waals surface area contributed by atoms with E-state index >= 15 is 0 Å². The van der Waals surface area contributed by atoms with Gasteiger partial charge in [-0.3, -0.25) is 4.79 Å². The Morgan fingerprint density at radius 1 is 0.824 bits per heavy atom. The SMILES string of the molecule is CCCC(=O)n1nc(NCc2ccc(OC)c(OC)c2)nc1NCc1ccc(OC)c(OC)c1. The van der Waals surface area contributed by atoms with Gasteiger partial charge in [0.2, 0.25) is 17.8 Å². The molecule has 2 aromatic carbocycles. The molecule has 0 spiro atoms. The second kappa shape index (κ2) is 11.8. The molecular weight excluding hydrogens is 438 g/mol. The van der Waals surface area contributed by atoms with E-state index in [-0.39, 0.29) is 5.91 Å². The Morgan fingerprint density at radius 3 is 1.85 bits per heavy atom. The lowest BCUT2D eigenvalue weighted by Gasteiger charge is -2.10. The van der Waals surface area contributed by atoms with Crippen LogP contribution in [-0.4, -0.2) is 49.1 Å². The molecule has 0 amide bonds. The number of methoxy groups -OCH3 is 4. The molecule has 0 fully saturated rings. The molecule has 2 N–H and O–H groups in total. The molecule has 0 atom stereocenters. The summed E-state index contributed by atoms with van der Waals surface area (Å²) < 4.78 is 22.6. The summed E-state index contributed by atoms with van der Waals surface area (Å²) in [6.45, 7) is 2.82. The number of nitrogens with zero attached hydrogens (tertiary/aromatic N) is 3. The molecule has 0 unspecified atom stereocenters. The Labute approximate surface area is 199 Å². The highest BCUT2D eigenvalue weighted by atomic mass is 16.5.